The van der Waals surface area contributed by atoms with Gasteiger partial charge in [0.05, 0.1) is 6.42 Å². The number of aliphatic hydroxyl groups excluding tert-OH is 1. The second-order valence-corrected chi connectivity index (χ2v) is 3.79. The Labute approximate surface area is 108 Å². The number of hydrogen-bond acceptors (Lipinski definition) is 5. The van der Waals surface area contributed by atoms with Crippen molar-refractivity contribution in [3.63, 3.8) is 0 Å². The van der Waals surface area contributed by atoms with Gasteiger partial charge in [-0.15, -0.1) is 0 Å². The predicted molar refractivity (Wildman–Crippen MR) is 65.2 cm³/mol. The van der Waals surface area contributed by atoms with E-state index >= 15 is 0 Å². The van der Waals surface area contributed by atoms with Gasteiger partial charge in [0.25, 0.3) is 0 Å². The molecule has 0 aromatic heterocycles. The molecule has 0 spiro atoms. The molecule has 4 N–H and O–H groups in total. The Balaban J connectivity index is 2.77. The molecule has 1 rings (SSSR count). The van der Waals surface area contributed by atoms with Crippen molar-refractivity contribution < 1.29 is 29.7 Å². The molecule has 7 nitrogen and oxygen atoms in total. The summed E-state index contributed by atoms with van der Waals surface area (Å²) in [4.78, 5) is 32.5. The van der Waals surface area contributed by atoms with E-state index in [-0.39, 0.29) is 5.56 Å². The molecule has 1 atom stereocenters. The van der Waals surface area contributed by atoms with E-state index in [1.54, 1.807) is 0 Å². The number of aliphatic hydroxyl groups is 1. The number of anilines is 1. The molecule has 1 aromatic rings. The van der Waals surface area contributed by atoms with Crippen LogP contribution in [0.15, 0.2) is 24.3 Å². The monoisotopic (exact) mass is 267 g/mol. The second-order valence-electron chi connectivity index (χ2n) is 3.79. The first-order valence-corrected chi connectivity index (χ1v) is 5.39. The molecular formula is C12H13NO6. The van der Waals surface area contributed by atoms with Crippen molar-refractivity contribution in [1.29, 1.82) is 0 Å². The van der Waals surface area contributed by atoms with Crippen molar-refractivity contribution in [3.05, 3.63) is 29.8 Å². The SMILES string of the molecule is O=C(O)CC(Nc1ccc(C(=O)CO)cc1)C(=O)O. The highest BCUT2D eigenvalue weighted by Crippen LogP contribution is 2.12. The first kappa shape index (κ1) is 14.7. The van der Waals surface area contributed by atoms with Crippen LogP contribution in [0.1, 0.15) is 16.8 Å². The Hall–Kier alpha value is -2.41. The molecule has 19 heavy (non-hydrogen) atoms. The summed E-state index contributed by atoms with van der Waals surface area (Å²) < 4.78 is 0. The van der Waals surface area contributed by atoms with Gasteiger partial charge >= 0.3 is 11.9 Å². The fourth-order valence-corrected chi connectivity index (χ4v) is 1.42. The molecule has 0 heterocycles. The number of carbonyl (C=O) groups is 3. The highest BCUT2D eigenvalue weighted by atomic mass is 16.4. The average molecular weight is 267 g/mol. The minimum atomic E-state index is -1.28. The summed E-state index contributed by atoms with van der Waals surface area (Å²) in [6.07, 6.45) is -0.563. The highest BCUT2D eigenvalue weighted by molar-refractivity contribution is 5.97. The Morgan fingerprint density at radius 1 is 1.11 bits per heavy atom. The average Bonchev–Trinajstić information content (AvgIpc) is 2.37. The summed E-state index contributed by atoms with van der Waals surface area (Å²) in [5.74, 6) is -2.96. The van der Waals surface area contributed by atoms with Gasteiger partial charge in [-0.1, -0.05) is 0 Å². The van der Waals surface area contributed by atoms with Crippen LogP contribution in [-0.4, -0.2) is 45.7 Å². The van der Waals surface area contributed by atoms with E-state index in [1.807, 2.05) is 0 Å². The third-order valence-corrected chi connectivity index (χ3v) is 2.37. The van der Waals surface area contributed by atoms with E-state index in [4.69, 9.17) is 15.3 Å². The molecule has 0 amide bonds. The number of aliphatic carboxylic acids is 2. The third kappa shape index (κ3) is 4.40. The Morgan fingerprint density at radius 2 is 1.68 bits per heavy atom. The Bertz CT molecular complexity index is 481. The number of hydrogen-bond donors (Lipinski definition) is 4. The van der Waals surface area contributed by atoms with Gasteiger partial charge in [0.15, 0.2) is 5.78 Å². The zero-order valence-electron chi connectivity index (χ0n) is 9.87. The minimum absolute atomic E-state index is 0.290. The molecule has 0 saturated carbocycles. The van der Waals surface area contributed by atoms with Gasteiger partial charge in [-0.25, -0.2) is 4.79 Å². The molecule has 0 aliphatic rings. The maximum Gasteiger partial charge on any atom is 0.326 e. The smallest absolute Gasteiger partial charge is 0.326 e. The van der Waals surface area contributed by atoms with E-state index in [0.29, 0.717) is 5.69 Å². The van der Waals surface area contributed by atoms with E-state index < -0.39 is 36.8 Å². The number of carboxylic acids is 2. The van der Waals surface area contributed by atoms with Crippen LogP contribution in [0.25, 0.3) is 0 Å². The lowest BCUT2D eigenvalue weighted by atomic mass is 10.1. The number of carboxylic acid groups (broad SMARTS) is 2. The summed E-state index contributed by atoms with van der Waals surface area (Å²) >= 11 is 0. The zero-order chi connectivity index (χ0) is 14.4. The van der Waals surface area contributed by atoms with Gasteiger partial charge in [0.1, 0.15) is 12.6 Å². The van der Waals surface area contributed by atoms with Crippen LogP contribution in [-0.2, 0) is 9.59 Å². The molecule has 102 valence electrons. The fraction of sp³-hybridized carbons (Fsp3) is 0.250. The zero-order valence-corrected chi connectivity index (χ0v) is 9.87. The summed E-state index contributed by atoms with van der Waals surface area (Å²) in [5, 5.41) is 28.6. The first-order chi connectivity index (χ1) is 8.93. The number of carbonyl (C=O) groups excluding carboxylic acids is 1. The van der Waals surface area contributed by atoms with Gasteiger partial charge in [-0.05, 0) is 24.3 Å². The predicted octanol–water partition coefficient (Wildman–Crippen LogP) is 0.201. The topological polar surface area (TPSA) is 124 Å². The van der Waals surface area contributed by atoms with E-state index in [2.05, 4.69) is 5.32 Å². The second kappa shape index (κ2) is 6.50. The van der Waals surface area contributed by atoms with Crippen molar-refractivity contribution in [3.8, 4) is 0 Å². The lowest BCUT2D eigenvalue weighted by Crippen LogP contribution is -2.31. The number of benzene rings is 1. The van der Waals surface area contributed by atoms with Crippen LogP contribution in [0.3, 0.4) is 0 Å². The summed E-state index contributed by atoms with van der Waals surface area (Å²) in [6.45, 7) is -0.608. The van der Waals surface area contributed by atoms with Gasteiger partial charge < -0.3 is 20.6 Å². The van der Waals surface area contributed by atoms with Crippen LogP contribution < -0.4 is 5.32 Å². The van der Waals surface area contributed by atoms with Gasteiger partial charge in [0, 0.05) is 11.3 Å². The molecule has 0 radical (unpaired) electrons. The third-order valence-electron chi connectivity index (χ3n) is 2.37. The largest absolute Gasteiger partial charge is 0.481 e. The normalized spacial score (nSPS) is 11.6. The number of ketones is 1. The van der Waals surface area contributed by atoms with Crippen molar-refractivity contribution in [2.75, 3.05) is 11.9 Å². The van der Waals surface area contributed by atoms with Gasteiger partial charge in [-0.2, -0.15) is 0 Å². The Kier molecular flexibility index (Phi) is 5.01. The molecule has 1 aromatic carbocycles. The number of Topliss-reactive ketones (excluding diaryl/α,β-unsaturated/α-hetero) is 1. The maximum absolute atomic E-state index is 11.2. The molecular weight excluding hydrogens is 254 g/mol. The molecule has 0 bridgehead atoms. The van der Waals surface area contributed by atoms with E-state index in [1.165, 1.54) is 24.3 Å². The van der Waals surface area contributed by atoms with Gasteiger partial charge in [0.2, 0.25) is 0 Å². The highest BCUT2D eigenvalue weighted by Gasteiger charge is 2.20. The van der Waals surface area contributed by atoms with Crippen molar-refractivity contribution in [1.82, 2.24) is 0 Å². The molecule has 0 aliphatic carbocycles. The molecule has 0 aliphatic heterocycles. The molecule has 1 unspecified atom stereocenters. The van der Waals surface area contributed by atoms with Crippen molar-refractivity contribution in [2.45, 2.75) is 12.5 Å². The minimum Gasteiger partial charge on any atom is -0.481 e. The van der Waals surface area contributed by atoms with Crippen LogP contribution in [0.4, 0.5) is 5.69 Å². The van der Waals surface area contributed by atoms with Crippen LogP contribution >= 0.6 is 0 Å². The lowest BCUT2D eigenvalue weighted by Gasteiger charge is -2.13. The number of nitrogens with one attached hydrogen (secondary N) is 1. The van der Waals surface area contributed by atoms with Gasteiger partial charge in [-0.3, -0.25) is 9.59 Å². The summed E-state index contributed by atoms with van der Waals surface area (Å²) in [5.41, 5.74) is 0.668. The van der Waals surface area contributed by atoms with Crippen molar-refractivity contribution in [2.24, 2.45) is 0 Å². The molecule has 0 saturated heterocycles. The quantitative estimate of drug-likeness (QED) is 0.520. The Morgan fingerprint density at radius 3 is 2.11 bits per heavy atom. The molecule has 0 fully saturated rings. The summed E-state index contributed by atoms with van der Waals surface area (Å²) in [7, 11) is 0. The summed E-state index contributed by atoms with van der Waals surface area (Å²) in [6, 6.07) is 4.47. The first-order valence-electron chi connectivity index (χ1n) is 5.39. The van der Waals surface area contributed by atoms with Crippen molar-refractivity contribution >= 4 is 23.4 Å². The van der Waals surface area contributed by atoms with E-state index in [9.17, 15) is 14.4 Å². The maximum atomic E-state index is 11.2. The van der Waals surface area contributed by atoms with E-state index in [0.717, 1.165) is 0 Å². The number of rotatable bonds is 7. The lowest BCUT2D eigenvalue weighted by molar-refractivity contribution is -0.144. The van der Waals surface area contributed by atoms with Crippen LogP contribution in [0.2, 0.25) is 0 Å². The fourth-order valence-electron chi connectivity index (χ4n) is 1.42. The van der Waals surface area contributed by atoms with Crippen LogP contribution in [0, 0.1) is 0 Å². The standard InChI is InChI=1S/C12H13NO6/c14-6-10(15)7-1-3-8(4-2-7)13-9(12(18)19)5-11(16)17/h1-4,9,13-14H,5-6H2,(H,16,17)(H,18,19). The molecule has 7 heteroatoms. The van der Waals surface area contributed by atoms with Crippen LogP contribution in [0.5, 0.6) is 0 Å².